The van der Waals surface area contributed by atoms with Crippen LogP contribution >= 0.6 is 12.4 Å². The Bertz CT molecular complexity index is 266. The molecule has 6 heteroatoms. The summed E-state index contributed by atoms with van der Waals surface area (Å²) in [4.78, 5) is 24.0. The Morgan fingerprint density at radius 1 is 1.27 bits per heavy atom. The van der Waals surface area contributed by atoms with Crippen molar-refractivity contribution in [2.45, 2.75) is 18.9 Å². The molecule has 2 saturated heterocycles. The SMILES string of the molecule is CN1C(=O)NC(C2CCNCC2)C1=O.Cl. The van der Waals surface area contributed by atoms with Crippen molar-refractivity contribution in [2.75, 3.05) is 20.1 Å². The Labute approximate surface area is 95.0 Å². The molecule has 5 nitrogen and oxygen atoms in total. The molecule has 0 saturated carbocycles. The number of urea groups is 1. The summed E-state index contributed by atoms with van der Waals surface area (Å²) in [5.74, 6) is 0.222. The maximum atomic E-state index is 11.6. The number of carbonyl (C=O) groups excluding carboxylic acids is 2. The highest BCUT2D eigenvalue weighted by Crippen LogP contribution is 2.20. The van der Waals surface area contributed by atoms with Gasteiger partial charge >= 0.3 is 6.03 Å². The van der Waals surface area contributed by atoms with E-state index in [0.717, 1.165) is 25.9 Å². The summed E-state index contributed by atoms with van der Waals surface area (Å²) >= 11 is 0. The average Bonchev–Trinajstić information content (AvgIpc) is 2.47. The van der Waals surface area contributed by atoms with Crippen molar-refractivity contribution in [3.63, 3.8) is 0 Å². The number of nitrogens with zero attached hydrogens (tertiary/aromatic N) is 1. The van der Waals surface area contributed by atoms with Gasteiger partial charge in [0.25, 0.3) is 5.91 Å². The Morgan fingerprint density at radius 2 is 1.87 bits per heavy atom. The molecule has 0 aromatic rings. The summed E-state index contributed by atoms with van der Waals surface area (Å²) in [6.07, 6.45) is 1.93. The Morgan fingerprint density at radius 3 is 2.33 bits per heavy atom. The van der Waals surface area contributed by atoms with E-state index in [4.69, 9.17) is 0 Å². The van der Waals surface area contributed by atoms with Crippen molar-refractivity contribution in [3.8, 4) is 0 Å². The largest absolute Gasteiger partial charge is 0.326 e. The van der Waals surface area contributed by atoms with Gasteiger partial charge < -0.3 is 10.6 Å². The summed E-state index contributed by atoms with van der Waals surface area (Å²) in [6.45, 7) is 1.88. The van der Waals surface area contributed by atoms with Crippen LogP contribution in [-0.2, 0) is 4.79 Å². The molecule has 15 heavy (non-hydrogen) atoms. The molecule has 86 valence electrons. The molecule has 1 atom stereocenters. The second-order valence-electron chi connectivity index (χ2n) is 3.91. The van der Waals surface area contributed by atoms with Crippen molar-refractivity contribution in [1.82, 2.24) is 15.5 Å². The number of imide groups is 1. The molecule has 0 aromatic heterocycles. The highest BCUT2D eigenvalue weighted by molar-refractivity contribution is 6.04. The van der Waals surface area contributed by atoms with Gasteiger partial charge in [0.1, 0.15) is 6.04 Å². The zero-order chi connectivity index (χ0) is 10.1. The quantitative estimate of drug-likeness (QED) is 0.625. The van der Waals surface area contributed by atoms with E-state index in [1.54, 1.807) is 0 Å². The lowest BCUT2D eigenvalue weighted by molar-refractivity contribution is -0.127. The van der Waals surface area contributed by atoms with Crippen LogP contribution < -0.4 is 10.6 Å². The number of nitrogens with one attached hydrogen (secondary N) is 2. The van der Waals surface area contributed by atoms with Crippen LogP contribution in [0.2, 0.25) is 0 Å². The van der Waals surface area contributed by atoms with E-state index in [-0.39, 0.29) is 30.4 Å². The van der Waals surface area contributed by atoms with Crippen LogP contribution in [0.4, 0.5) is 4.79 Å². The second-order valence-corrected chi connectivity index (χ2v) is 3.91. The van der Waals surface area contributed by atoms with E-state index < -0.39 is 0 Å². The van der Waals surface area contributed by atoms with Gasteiger partial charge in [-0.05, 0) is 31.8 Å². The number of piperidine rings is 1. The highest BCUT2D eigenvalue weighted by atomic mass is 35.5. The molecule has 0 spiro atoms. The van der Waals surface area contributed by atoms with E-state index >= 15 is 0 Å². The molecule has 0 aliphatic carbocycles. The van der Waals surface area contributed by atoms with Crippen LogP contribution in [0.1, 0.15) is 12.8 Å². The van der Waals surface area contributed by atoms with Gasteiger partial charge in [-0.25, -0.2) is 4.79 Å². The molecule has 1 unspecified atom stereocenters. The van der Waals surface area contributed by atoms with Gasteiger partial charge in [-0.15, -0.1) is 12.4 Å². The first-order valence-electron chi connectivity index (χ1n) is 4.99. The maximum Gasteiger partial charge on any atom is 0.324 e. The summed E-state index contributed by atoms with van der Waals surface area (Å²) < 4.78 is 0. The predicted octanol–water partition coefficient (Wildman–Crippen LogP) is -0.0420. The van der Waals surface area contributed by atoms with Crippen molar-refractivity contribution in [1.29, 1.82) is 0 Å². The molecule has 2 N–H and O–H groups in total. The van der Waals surface area contributed by atoms with E-state index in [9.17, 15) is 9.59 Å². The van der Waals surface area contributed by atoms with Crippen molar-refractivity contribution in [3.05, 3.63) is 0 Å². The lowest BCUT2D eigenvalue weighted by Crippen LogP contribution is -2.42. The van der Waals surface area contributed by atoms with Crippen LogP contribution in [0.5, 0.6) is 0 Å². The minimum absolute atomic E-state index is 0. The summed E-state index contributed by atoms with van der Waals surface area (Å²) in [5.41, 5.74) is 0. The first-order chi connectivity index (χ1) is 6.70. The number of carbonyl (C=O) groups is 2. The third-order valence-corrected chi connectivity index (χ3v) is 3.04. The first-order valence-corrected chi connectivity index (χ1v) is 4.99. The summed E-state index contributed by atoms with van der Waals surface area (Å²) in [7, 11) is 1.53. The molecule has 2 fully saturated rings. The lowest BCUT2D eigenvalue weighted by atomic mass is 9.90. The third kappa shape index (κ3) is 2.23. The van der Waals surface area contributed by atoms with Gasteiger partial charge in [-0.1, -0.05) is 0 Å². The fraction of sp³-hybridized carbons (Fsp3) is 0.778. The number of hydrogen-bond donors (Lipinski definition) is 2. The van der Waals surface area contributed by atoms with Gasteiger partial charge in [0.05, 0.1) is 0 Å². The summed E-state index contributed by atoms with van der Waals surface area (Å²) in [6, 6.07) is -0.548. The van der Waals surface area contributed by atoms with Gasteiger partial charge in [-0.3, -0.25) is 9.69 Å². The molecular formula is C9H16ClN3O2. The van der Waals surface area contributed by atoms with Crippen molar-refractivity contribution in [2.24, 2.45) is 5.92 Å². The minimum atomic E-state index is -0.283. The first kappa shape index (κ1) is 12.3. The Hall–Kier alpha value is -0.810. The van der Waals surface area contributed by atoms with E-state index in [1.807, 2.05) is 0 Å². The fourth-order valence-electron chi connectivity index (χ4n) is 2.10. The van der Waals surface area contributed by atoms with Gasteiger partial charge in [0, 0.05) is 7.05 Å². The maximum absolute atomic E-state index is 11.6. The molecule has 0 bridgehead atoms. The van der Waals surface area contributed by atoms with E-state index in [1.165, 1.54) is 11.9 Å². The normalized spacial score (nSPS) is 27.5. The number of likely N-dealkylation sites (N-methyl/N-ethyl adjacent to an activating group) is 1. The van der Waals surface area contributed by atoms with E-state index in [2.05, 4.69) is 10.6 Å². The predicted molar refractivity (Wildman–Crippen MR) is 57.9 cm³/mol. The van der Waals surface area contributed by atoms with Gasteiger partial charge in [0.2, 0.25) is 0 Å². The number of rotatable bonds is 1. The lowest BCUT2D eigenvalue weighted by Gasteiger charge is -2.26. The van der Waals surface area contributed by atoms with Crippen LogP contribution in [-0.4, -0.2) is 43.0 Å². The number of amides is 3. The molecule has 2 rings (SSSR count). The van der Waals surface area contributed by atoms with Crippen LogP contribution in [0.15, 0.2) is 0 Å². The molecule has 2 aliphatic heterocycles. The van der Waals surface area contributed by atoms with E-state index in [0.29, 0.717) is 5.92 Å². The standard InChI is InChI=1S/C9H15N3O2.ClH/c1-12-8(13)7(11-9(12)14)6-2-4-10-5-3-6;/h6-7,10H,2-5H2,1H3,(H,11,14);1H. The van der Waals surface area contributed by atoms with Crippen molar-refractivity contribution >= 4 is 24.3 Å². The van der Waals surface area contributed by atoms with Gasteiger partial charge in [-0.2, -0.15) is 0 Å². The average molecular weight is 234 g/mol. The summed E-state index contributed by atoms with van der Waals surface area (Å²) in [5, 5.41) is 5.97. The zero-order valence-electron chi connectivity index (χ0n) is 8.66. The number of halogens is 1. The molecule has 2 aliphatic rings. The molecule has 3 amide bonds. The van der Waals surface area contributed by atoms with Crippen molar-refractivity contribution < 1.29 is 9.59 Å². The molecule has 2 heterocycles. The highest BCUT2D eigenvalue weighted by Gasteiger charge is 2.40. The minimum Gasteiger partial charge on any atom is -0.326 e. The Kier molecular flexibility index (Phi) is 3.93. The zero-order valence-corrected chi connectivity index (χ0v) is 9.47. The topological polar surface area (TPSA) is 61.4 Å². The van der Waals surface area contributed by atoms with Gasteiger partial charge in [0.15, 0.2) is 0 Å². The number of hydrogen-bond acceptors (Lipinski definition) is 3. The monoisotopic (exact) mass is 233 g/mol. The molecular weight excluding hydrogens is 218 g/mol. The molecule has 0 radical (unpaired) electrons. The van der Waals surface area contributed by atoms with Crippen LogP contribution in [0.25, 0.3) is 0 Å². The van der Waals surface area contributed by atoms with Crippen LogP contribution in [0.3, 0.4) is 0 Å². The third-order valence-electron chi connectivity index (χ3n) is 3.04. The van der Waals surface area contributed by atoms with Crippen LogP contribution in [0, 0.1) is 5.92 Å². The second kappa shape index (κ2) is 4.81. The molecule has 0 aromatic carbocycles. The fourth-order valence-corrected chi connectivity index (χ4v) is 2.10. The smallest absolute Gasteiger partial charge is 0.324 e. The Balaban J connectivity index is 0.00000112.